The second-order valence-corrected chi connectivity index (χ2v) is 8.31. The largest absolute Gasteiger partial charge is 0.355 e. The van der Waals surface area contributed by atoms with Crippen molar-refractivity contribution in [2.24, 2.45) is 10.9 Å². The molecule has 7 heteroatoms. The van der Waals surface area contributed by atoms with Crippen LogP contribution in [-0.4, -0.2) is 74.0 Å². The normalized spacial score (nSPS) is 24.5. The Labute approximate surface area is 181 Å². The van der Waals surface area contributed by atoms with Crippen LogP contribution < -0.4 is 10.6 Å². The van der Waals surface area contributed by atoms with E-state index in [0.717, 1.165) is 57.4 Å². The van der Waals surface area contributed by atoms with Crippen LogP contribution in [0.1, 0.15) is 57.8 Å². The molecule has 2 saturated carbocycles. The molecule has 2 aliphatic carbocycles. The molecule has 156 valence electrons. The van der Waals surface area contributed by atoms with Crippen LogP contribution in [0.5, 0.6) is 0 Å². The van der Waals surface area contributed by atoms with Gasteiger partial charge in [-0.05, 0) is 39.2 Å². The summed E-state index contributed by atoms with van der Waals surface area (Å²) in [6, 6.07) is 1.08. The Hall–Kier alpha value is -0.570. The van der Waals surface area contributed by atoms with E-state index in [1.165, 1.54) is 38.5 Å². The van der Waals surface area contributed by atoms with E-state index in [1.807, 2.05) is 7.05 Å². The number of amides is 1. The molecule has 1 aliphatic heterocycles. The number of likely N-dealkylation sites (N-methyl/N-ethyl adjacent to an activating group) is 1. The van der Waals surface area contributed by atoms with E-state index in [4.69, 9.17) is 0 Å². The first kappa shape index (κ1) is 22.7. The van der Waals surface area contributed by atoms with E-state index in [1.54, 1.807) is 0 Å². The van der Waals surface area contributed by atoms with E-state index in [2.05, 4.69) is 32.5 Å². The molecule has 3 fully saturated rings. The van der Waals surface area contributed by atoms with Gasteiger partial charge in [-0.2, -0.15) is 0 Å². The SMILES string of the molecule is CN=C(NCCN(C)C1CCCC1)NC1CCN(C(=O)C2CCCC2)C1.I. The first-order valence-corrected chi connectivity index (χ1v) is 10.6. The number of likely N-dealkylation sites (tertiary alicyclic amines) is 1. The Kier molecular flexibility index (Phi) is 9.62. The van der Waals surface area contributed by atoms with E-state index in [-0.39, 0.29) is 29.9 Å². The van der Waals surface area contributed by atoms with Gasteiger partial charge >= 0.3 is 0 Å². The zero-order chi connectivity index (χ0) is 18.4. The fourth-order valence-electron chi connectivity index (χ4n) is 4.78. The number of nitrogens with one attached hydrogen (secondary N) is 2. The van der Waals surface area contributed by atoms with Gasteiger partial charge in [0.15, 0.2) is 5.96 Å². The number of hydrogen-bond donors (Lipinski definition) is 2. The third-order valence-corrected chi connectivity index (χ3v) is 6.47. The van der Waals surface area contributed by atoms with Crippen LogP contribution in [0.25, 0.3) is 0 Å². The van der Waals surface area contributed by atoms with Gasteiger partial charge in [0, 0.05) is 51.2 Å². The summed E-state index contributed by atoms with van der Waals surface area (Å²) in [6.45, 7) is 3.65. The van der Waals surface area contributed by atoms with Crippen molar-refractivity contribution in [1.29, 1.82) is 0 Å². The highest BCUT2D eigenvalue weighted by molar-refractivity contribution is 14.0. The summed E-state index contributed by atoms with van der Waals surface area (Å²) in [5.74, 6) is 1.54. The second kappa shape index (κ2) is 11.4. The lowest BCUT2D eigenvalue weighted by atomic mass is 10.1. The van der Waals surface area contributed by atoms with Gasteiger partial charge in [-0.1, -0.05) is 25.7 Å². The molecule has 3 rings (SSSR count). The predicted molar refractivity (Wildman–Crippen MR) is 122 cm³/mol. The summed E-state index contributed by atoms with van der Waals surface area (Å²) >= 11 is 0. The number of rotatable bonds is 6. The Bertz CT molecular complexity index is 489. The lowest BCUT2D eigenvalue weighted by Crippen LogP contribution is -2.47. The molecule has 0 aromatic carbocycles. The monoisotopic (exact) mass is 491 g/mol. The third-order valence-electron chi connectivity index (χ3n) is 6.47. The lowest BCUT2D eigenvalue weighted by Gasteiger charge is -2.25. The van der Waals surface area contributed by atoms with E-state index in [9.17, 15) is 4.79 Å². The topological polar surface area (TPSA) is 60.0 Å². The molecule has 0 bridgehead atoms. The first-order valence-electron chi connectivity index (χ1n) is 10.6. The van der Waals surface area contributed by atoms with E-state index < -0.39 is 0 Å². The Balaban J connectivity index is 0.00000261. The third kappa shape index (κ3) is 6.48. The molecular weight excluding hydrogens is 453 g/mol. The van der Waals surface area contributed by atoms with Crippen molar-refractivity contribution in [3.05, 3.63) is 0 Å². The van der Waals surface area contributed by atoms with Crippen LogP contribution in [0.2, 0.25) is 0 Å². The number of guanidine groups is 1. The van der Waals surface area contributed by atoms with Crippen LogP contribution in [0.4, 0.5) is 0 Å². The van der Waals surface area contributed by atoms with Crippen molar-refractivity contribution >= 4 is 35.8 Å². The molecule has 1 unspecified atom stereocenters. The molecule has 0 spiro atoms. The van der Waals surface area contributed by atoms with Crippen LogP contribution in [0.15, 0.2) is 4.99 Å². The smallest absolute Gasteiger partial charge is 0.225 e. The van der Waals surface area contributed by atoms with E-state index in [0.29, 0.717) is 11.9 Å². The number of aliphatic imine (C=N–C) groups is 1. The Morgan fingerprint density at radius 2 is 1.78 bits per heavy atom. The summed E-state index contributed by atoms with van der Waals surface area (Å²) < 4.78 is 0. The van der Waals surface area contributed by atoms with Gasteiger partial charge in [0.1, 0.15) is 0 Å². The van der Waals surface area contributed by atoms with Crippen molar-refractivity contribution in [3.8, 4) is 0 Å². The maximum atomic E-state index is 12.6. The molecule has 1 amide bonds. The fraction of sp³-hybridized carbons (Fsp3) is 0.900. The molecule has 1 saturated heterocycles. The maximum Gasteiger partial charge on any atom is 0.225 e. The Morgan fingerprint density at radius 1 is 1.11 bits per heavy atom. The highest BCUT2D eigenvalue weighted by atomic mass is 127. The quantitative estimate of drug-likeness (QED) is 0.341. The minimum atomic E-state index is 0. The predicted octanol–water partition coefficient (Wildman–Crippen LogP) is 2.43. The summed E-state index contributed by atoms with van der Waals surface area (Å²) in [5, 5.41) is 6.95. The van der Waals surface area contributed by atoms with Gasteiger partial charge in [0.25, 0.3) is 0 Å². The lowest BCUT2D eigenvalue weighted by molar-refractivity contribution is -0.134. The van der Waals surface area contributed by atoms with Gasteiger partial charge in [0.05, 0.1) is 0 Å². The van der Waals surface area contributed by atoms with Crippen molar-refractivity contribution in [1.82, 2.24) is 20.4 Å². The highest BCUT2D eigenvalue weighted by Gasteiger charge is 2.32. The summed E-state index contributed by atoms with van der Waals surface area (Å²) in [6.07, 6.45) is 11.1. The average molecular weight is 491 g/mol. The van der Waals surface area contributed by atoms with Crippen molar-refractivity contribution in [2.75, 3.05) is 40.3 Å². The summed E-state index contributed by atoms with van der Waals surface area (Å²) in [5.41, 5.74) is 0. The van der Waals surface area contributed by atoms with Gasteiger partial charge in [-0.25, -0.2) is 0 Å². The van der Waals surface area contributed by atoms with Crippen molar-refractivity contribution in [2.45, 2.75) is 69.9 Å². The van der Waals surface area contributed by atoms with Crippen LogP contribution in [-0.2, 0) is 4.79 Å². The van der Waals surface area contributed by atoms with Crippen LogP contribution >= 0.6 is 24.0 Å². The number of hydrogen-bond acceptors (Lipinski definition) is 3. The summed E-state index contributed by atoms with van der Waals surface area (Å²) in [4.78, 5) is 21.5. The maximum absolute atomic E-state index is 12.6. The van der Waals surface area contributed by atoms with Gasteiger partial charge < -0.3 is 20.4 Å². The van der Waals surface area contributed by atoms with E-state index >= 15 is 0 Å². The molecule has 6 nitrogen and oxygen atoms in total. The molecule has 0 aromatic rings. The Morgan fingerprint density at radius 3 is 2.44 bits per heavy atom. The van der Waals surface area contributed by atoms with Crippen LogP contribution in [0.3, 0.4) is 0 Å². The highest BCUT2D eigenvalue weighted by Crippen LogP contribution is 2.27. The molecular formula is C20H38IN5O. The number of carbonyl (C=O) groups is 1. The minimum Gasteiger partial charge on any atom is -0.355 e. The number of halogens is 1. The molecule has 0 aromatic heterocycles. The standard InChI is InChI=1S/C20H37N5O.HI/c1-21-20(22-12-14-24(2)18-9-5-6-10-18)23-17-11-13-25(15-17)19(26)16-7-3-4-8-16;/h16-18H,3-15H2,1-2H3,(H2,21,22,23);1H. The molecule has 2 N–H and O–H groups in total. The van der Waals surface area contributed by atoms with Crippen molar-refractivity contribution in [3.63, 3.8) is 0 Å². The molecule has 0 radical (unpaired) electrons. The second-order valence-electron chi connectivity index (χ2n) is 8.31. The van der Waals surface area contributed by atoms with Crippen molar-refractivity contribution < 1.29 is 4.79 Å². The average Bonchev–Trinajstić information content (AvgIpc) is 3.42. The van der Waals surface area contributed by atoms with Gasteiger partial charge in [0.2, 0.25) is 5.91 Å². The van der Waals surface area contributed by atoms with Gasteiger partial charge in [-0.3, -0.25) is 9.79 Å². The van der Waals surface area contributed by atoms with Gasteiger partial charge in [-0.15, -0.1) is 24.0 Å². The number of carbonyl (C=O) groups excluding carboxylic acids is 1. The molecule has 27 heavy (non-hydrogen) atoms. The summed E-state index contributed by atoms with van der Waals surface area (Å²) in [7, 11) is 4.06. The molecule has 1 heterocycles. The minimum absolute atomic E-state index is 0. The fourth-order valence-corrected chi connectivity index (χ4v) is 4.78. The molecule has 3 aliphatic rings. The number of nitrogens with zero attached hydrogens (tertiary/aromatic N) is 3. The zero-order valence-corrected chi connectivity index (χ0v) is 19.4. The molecule has 1 atom stereocenters. The first-order chi connectivity index (χ1) is 12.7. The van der Waals surface area contributed by atoms with Crippen LogP contribution in [0, 0.1) is 5.92 Å². The zero-order valence-electron chi connectivity index (χ0n) is 17.1.